The Bertz CT molecular complexity index is 831. The number of carboxylic acids is 1. The van der Waals surface area contributed by atoms with E-state index in [1.54, 1.807) is 40.8 Å². The molecule has 1 aromatic rings. The van der Waals surface area contributed by atoms with Gasteiger partial charge in [-0.05, 0) is 34.2 Å². The molecular weight excluding hydrogens is 500 g/mol. The summed E-state index contributed by atoms with van der Waals surface area (Å²) in [7, 11) is 1.08. The van der Waals surface area contributed by atoms with Crippen LogP contribution in [0.2, 0.25) is 0 Å². The Hall–Kier alpha value is -2.38. The summed E-state index contributed by atoms with van der Waals surface area (Å²) < 4.78 is 40.9. The summed E-state index contributed by atoms with van der Waals surface area (Å²) >= 11 is 1.63. The summed E-state index contributed by atoms with van der Waals surface area (Å²) in [4.78, 5) is 48.6. The lowest BCUT2D eigenvalue weighted by atomic mass is 10.1. The van der Waals surface area contributed by atoms with E-state index in [1.807, 2.05) is 0 Å². The van der Waals surface area contributed by atoms with Crippen molar-refractivity contribution in [3.05, 3.63) is 29.8 Å². The van der Waals surface area contributed by atoms with E-state index in [0.717, 1.165) is 12.0 Å². The molecule has 0 saturated carbocycles. The number of amides is 2. The Labute approximate surface area is 170 Å². The number of alkyl halides is 4. The molecule has 0 bridgehead atoms. The van der Waals surface area contributed by atoms with Crippen molar-refractivity contribution in [2.45, 2.75) is 28.6 Å². The molecule has 152 valence electrons. The lowest BCUT2D eigenvalue weighted by Crippen LogP contribution is -2.59. The minimum atomic E-state index is -5.32. The minimum absolute atomic E-state index is 0.00481. The summed E-state index contributed by atoms with van der Waals surface area (Å²) in [6, 6.07) is 4.21. The van der Waals surface area contributed by atoms with Gasteiger partial charge in [-0.25, -0.2) is 4.79 Å². The number of fused-ring (bicyclic) bond motifs is 1. The number of rotatable bonds is 5. The molecule has 0 saturated heterocycles. The molecule has 2 amide bonds. The van der Waals surface area contributed by atoms with Crippen LogP contribution in [0.3, 0.4) is 0 Å². The zero-order valence-corrected chi connectivity index (χ0v) is 16.4. The van der Waals surface area contributed by atoms with Gasteiger partial charge in [0.2, 0.25) is 3.55 Å². The first-order valence-corrected chi connectivity index (χ1v) is 8.78. The third kappa shape index (κ3) is 4.20. The number of aliphatic carboxylic acids is 1. The molecule has 2 N–H and O–H groups in total. The first kappa shape index (κ1) is 21.9. The van der Waals surface area contributed by atoms with Crippen molar-refractivity contribution in [1.29, 1.82) is 0 Å². The molecular formula is C16H14F3IN2O6. The fraction of sp³-hybridized carbons (Fsp3) is 0.375. The molecule has 0 aliphatic carbocycles. The molecule has 1 aliphatic rings. The van der Waals surface area contributed by atoms with Gasteiger partial charge in [-0.2, -0.15) is 13.2 Å². The topological polar surface area (TPSA) is 113 Å². The number of nitrogens with one attached hydrogen (secondary N) is 1. The fourth-order valence-electron chi connectivity index (χ4n) is 2.78. The van der Waals surface area contributed by atoms with Crippen LogP contribution in [0.1, 0.15) is 12.0 Å². The molecule has 1 aromatic carbocycles. The van der Waals surface area contributed by atoms with Crippen LogP contribution in [0.5, 0.6) is 0 Å². The van der Waals surface area contributed by atoms with Gasteiger partial charge in [0, 0.05) is 12.1 Å². The van der Waals surface area contributed by atoms with Crippen molar-refractivity contribution in [2.24, 2.45) is 0 Å². The number of carbonyl (C=O) groups is 4. The van der Waals surface area contributed by atoms with Crippen LogP contribution in [0.25, 0.3) is 0 Å². The maximum absolute atomic E-state index is 13.0. The molecule has 0 fully saturated rings. The molecule has 1 aliphatic heterocycles. The van der Waals surface area contributed by atoms with Crippen LogP contribution < -0.4 is 10.2 Å². The molecule has 0 radical (unpaired) electrons. The highest BCUT2D eigenvalue weighted by molar-refractivity contribution is 14.1. The third-order valence-corrected chi connectivity index (χ3v) is 5.27. The number of carboxylic acid groups (broad SMARTS) is 1. The number of halogens is 4. The lowest BCUT2D eigenvalue weighted by molar-refractivity contribution is -0.175. The van der Waals surface area contributed by atoms with Crippen molar-refractivity contribution in [3.63, 3.8) is 0 Å². The molecule has 8 nitrogen and oxygen atoms in total. The Balaban J connectivity index is 2.48. The lowest BCUT2D eigenvalue weighted by Gasteiger charge is -2.33. The largest absolute Gasteiger partial charge is 0.481 e. The molecule has 0 spiro atoms. The van der Waals surface area contributed by atoms with Gasteiger partial charge in [0.15, 0.2) is 0 Å². The van der Waals surface area contributed by atoms with Gasteiger partial charge in [-0.3, -0.25) is 19.3 Å². The van der Waals surface area contributed by atoms with Crippen LogP contribution in [0, 0.1) is 0 Å². The maximum Gasteiger partial charge on any atom is 0.471 e. The Morgan fingerprint density at radius 1 is 1.32 bits per heavy atom. The summed E-state index contributed by atoms with van der Waals surface area (Å²) in [5.74, 6) is -6.10. The number of hydrogen-bond donors (Lipinski definition) is 2. The van der Waals surface area contributed by atoms with Crippen LogP contribution >= 0.6 is 22.6 Å². The predicted octanol–water partition coefficient (Wildman–Crippen LogP) is 1.40. The van der Waals surface area contributed by atoms with Crippen LogP contribution in [-0.4, -0.2) is 51.7 Å². The average molecular weight is 514 g/mol. The predicted molar refractivity (Wildman–Crippen MR) is 96.6 cm³/mol. The fourth-order valence-corrected chi connectivity index (χ4v) is 3.91. The minimum Gasteiger partial charge on any atom is -0.481 e. The standard InChI is InChI=1S/C16H14F3IN2O6/c1-28-14(27)15(20)7-8-4-2-3-5-10(8)22(15)12(25)9(6-11(23)24)21-13(26)16(17,18)19/h2-5,9H,6-7H2,1H3,(H,21,26)(H,23,24). The molecule has 28 heavy (non-hydrogen) atoms. The second-order valence-electron chi connectivity index (χ2n) is 5.85. The number of esters is 1. The van der Waals surface area contributed by atoms with Gasteiger partial charge in [-0.15, -0.1) is 0 Å². The van der Waals surface area contributed by atoms with Gasteiger partial charge in [0.05, 0.1) is 13.5 Å². The van der Waals surface area contributed by atoms with E-state index in [9.17, 15) is 32.3 Å². The van der Waals surface area contributed by atoms with Gasteiger partial charge in [0.1, 0.15) is 6.04 Å². The monoisotopic (exact) mass is 514 g/mol. The number of methoxy groups -OCH3 is 1. The number of carbonyl (C=O) groups excluding carboxylic acids is 3. The van der Waals surface area contributed by atoms with E-state index in [4.69, 9.17) is 9.84 Å². The Kier molecular flexibility index (Phi) is 6.21. The number of benzene rings is 1. The highest BCUT2D eigenvalue weighted by Gasteiger charge is 2.53. The summed E-state index contributed by atoms with van der Waals surface area (Å²) in [5, 5.41) is 10.4. The van der Waals surface area contributed by atoms with Crippen molar-refractivity contribution in [1.82, 2.24) is 5.32 Å². The van der Waals surface area contributed by atoms with Crippen molar-refractivity contribution < 1.29 is 42.2 Å². The Morgan fingerprint density at radius 2 is 1.93 bits per heavy atom. The summed E-state index contributed by atoms with van der Waals surface area (Å²) in [5.41, 5.74) is 0.746. The van der Waals surface area contributed by atoms with Crippen LogP contribution in [0.15, 0.2) is 24.3 Å². The number of nitrogens with zero attached hydrogens (tertiary/aromatic N) is 1. The van der Waals surface area contributed by atoms with E-state index >= 15 is 0 Å². The maximum atomic E-state index is 13.0. The van der Waals surface area contributed by atoms with Gasteiger partial charge >= 0.3 is 24.0 Å². The van der Waals surface area contributed by atoms with Gasteiger partial charge in [-0.1, -0.05) is 18.2 Å². The number of ether oxygens (including phenoxy) is 1. The molecule has 2 unspecified atom stereocenters. The first-order valence-electron chi connectivity index (χ1n) is 7.70. The SMILES string of the molecule is COC(=O)C1(I)Cc2ccccc2N1C(=O)C(CC(=O)O)NC(=O)C(F)(F)F. The first-order chi connectivity index (χ1) is 12.9. The quantitative estimate of drug-likeness (QED) is 0.266. The zero-order valence-electron chi connectivity index (χ0n) is 14.2. The van der Waals surface area contributed by atoms with Gasteiger partial charge in [0.25, 0.3) is 5.91 Å². The molecule has 12 heteroatoms. The van der Waals surface area contributed by atoms with E-state index in [1.165, 1.54) is 11.4 Å². The highest BCUT2D eigenvalue weighted by atomic mass is 127. The van der Waals surface area contributed by atoms with E-state index in [-0.39, 0.29) is 12.1 Å². The van der Waals surface area contributed by atoms with Crippen molar-refractivity contribution >= 4 is 52.0 Å². The van der Waals surface area contributed by atoms with Crippen molar-refractivity contribution in [3.8, 4) is 0 Å². The molecule has 2 rings (SSSR count). The number of anilines is 1. The molecule has 1 heterocycles. The second-order valence-corrected chi connectivity index (χ2v) is 7.64. The number of para-hydroxylation sites is 1. The Morgan fingerprint density at radius 3 is 2.46 bits per heavy atom. The number of hydrogen-bond acceptors (Lipinski definition) is 5. The highest BCUT2D eigenvalue weighted by Crippen LogP contribution is 2.44. The molecule has 2 atom stereocenters. The average Bonchev–Trinajstić information content (AvgIpc) is 2.91. The summed E-state index contributed by atoms with van der Waals surface area (Å²) in [6.07, 6.45) is -6.42. The molecule has 0 aromatic heterocycles. The van der Waals surface area contributed by atoms with E-state index in [0.29, 0.717) is 5.56 Å². The van der Waals surface area contributed by atoms with Gasteiger partial charge < -0.3 is 15.2 Å². The second kappa shape index (κ2) is 7.93. The van der Waals surface area contributed by atoms with Crippen molar-refractivity contribution in [2.75, 3.05) is 12.0 Å². The van der Waals surface area contributed by atoms with Crippen LogP contribution in [0.4, 0.5) is 18.9 Å². The smallest absolute Gasteiger partial charge is 0.471 e. The van der Waals surface area contributed by atoms with E-state index in [2.05, 4.69) is 0 Å². The zero-order chi connectivity index (χ0) is 21.3. The van der Waals surface area contributed by atoms with Crippen LogP contribution in [-0.2, 0) is 30.3 Å². The normalized spacial score (nSPS) is 19.5. The van der Waals surface area contributed by atoms with E-state index < -0.39 is 45.9 Å². The third-order valence-electron chi connectivity index (χ3n) is 3.97. The summed E-state index contributed by atoms with van der Waals surface area (Å²) in [6.45, 7) is 0.